The van der Waals surface area contributed by atoms with Gasteiger partial charge in [-0.1, -0.05) is 37.3 Å². The monoisotopic (exact) mass is 446 g/mol. The molecule has 0 unspecified atom stereocenters. The van der Waals surface area contributed by atoms with E-state index in [0.717, 1.165) is 16.7 Å². The quantitative estimate of drug-likeness (QED) is 0.418. The Morgan fingerprint density at radius 1 is 1.06 bits per heavy atom. The highest BCUT2D eigenvalue weighted by Crippen LogP contribution is 2.40. The molecule has 7 nitrogen and oxygen atoms in total. The number of aromatic nitrogens is 1. The lowest BCUT2D eigenvalue weighted by Gasteiger charge is -2.13. The minimum absolute atomic E-state index is 0.0392. The summed E-state index contributed by atoms with van der Waals surface area (Å²) >= 11 is 0. The summed E-state index contributed by atoms with van der Waals surface area (Å²) in [5, 5.41) is 18.8. The molecule has 3 aromatic rings. The highest BCUT2D eigenvalue weighted by Gasteiger charge is 2.25. The van der Waals surface area contributed by atoms with E-state index >= 15 is 0 Å². The van der Waals surface area contributed by atoms with E-state index in [4.69, 9.17) is 16.4 Å². The maximum Gasteiger partial charge on any atom is 0.351 e. The third kappa shape index (κ3) is 4.75. The Labute approximate surface area is 192 Å². The van der Waals surface area contributed by atoms with Gasteiger partial charge in [-0.05, 0) is 48.6 Å². The Hall–Kier alpha value is -4.05. The highest BCUT2D eigenvalue weighted by atomic mass is 16.5. The lowest BCUT2D eigenvalue weighted by molar-refractivity contribution is -0.136. The minimum atomic E-state index is -1.08. The lowest BCUT2D eigenvalue weighted by atomic mass is 9.96. The van der Waals surface area contributed by atoms with Gasteiger partial charge in [0.25, 0.3) is 0 Å². The van der Waals surface area contributed by atoms with E-state index in [1.807, 2.05) is 56.3 Å². The number of aromatic carboxylic acids is 1. The van der Waals surface area contributed by atoms with E-state index < -0.39 is 11.9 Å². The zero-order valence-corrected chi connectivity index (χ0v) is 18.9. The van der Waals surface area contributed by atoms with Crippen molar-refractivity contribution in [2.45, 2.75) is 33.1 Å². The van der Waals surface area contributed by atoms with Gasteiger partial charge < -0.3 is 19.5 Å². The highest BCUT2D eigenvalue weighted by molar-refractivity contribution is 6.01. The molecule has 1 heterocycles. The fourth-order valence-corrected chi connectivity index (χ4v) is 4.07. The molecule has 0 atom stereocenters. The van der Waals surface area contributed by atoms with E-state index in [2.05, 4.69) is 4.85 Å². The van der Waals surface area contributed by atoms with Crippen LogP contribution in [-0.2, 0) is 24.7 Å². The topological polar surface area (TPSA) is 93.1 Å². The number of carbonyl (C=O) groups is 2. The summed E-state index contributed by atoms with van der Waals surface area (Å²) in [6, 6.07) is 13.0. The Balaban J connectivity index is 2.09. The number of rotatable bonds is 9. The molecule has 2 N–H and O–H groups in total. The molecule has 0 saturated carbocycles. The minimum Gasteiger partial charge on any atom is -0.493 e. The zero-order valence-electron chi connectivity index (χ0n) is 18.9. The van der Waals surface area contributed by atoms with Gasteiger partial charge in [0.05, 0.1) is 13.2 Å². The van der Waals surface area contributed by atoms with Gasteiger partial charge in [-0.2, -0.15) is 0 Å². The van der Waals surface area contributed by atoms with Crippen molar-refractivity contribution < 1.29 is 24.5 Å². The number of carboxylic acids is 2. The maximum absolute atomic E-state index is 12.0. The second kappa shape index (κ2) is 10.0. The van der Waals surface area contributed by atoms with Crippen molar-refractivity contribution in [3.8, 4) is 28.0 Å². The average Bonchev–Trinajstić information content (AvgIpc) is 3.10. The van der Waals surface area contributed by atoms with Crippen molar-refractivity contribution in [2.75, 3.05) is 6.61 Å². The molecule has 170 valence electrons. The van der Waals surface area contributed by atoms with Gasteiger partial charge in [0.15, 0.2) is 0 Å². The van der Waals surface area contributed by atoms with Crippen molar-refractivity contribution in [1.82, 2.24) is 4.57 Å². The Bertz CT molecular complexity index is 1230. The average molecular weight is 447 g/mol. The molecular weight excluding hydrogens is 420 g/mol. The molecule has 0 saturated heterocycles. The van der Waals surface area contributed by atoms with Gasteiger partial charge in [0.2, 0.25) is 5.69 Å². The summed E-state index contributed by atoms with van der Waals surface area (Å²) < 4.78 is 7.35. The standard InChI is InChI=1S/C26H26N2O5/c1-5-20-24(27-3)23(25(26(31)32)28(20)4)18-11-9-17(10-12-18)19-15-16(8-14-22(29)30)7-13-21(19)33-6-2/h7,9-13,15H,5-6,8,14H2,1-2,4H3,(H,29,30)(H,31,32). The fraction of sp³-hybridized carbons (Fsp3) is 0.269. The van der Waals surface area contributed by atoms with E-state index in [-0.39, 0.29) is 12.1 Å². The van der Waals surface area contributed by atoms with Gasteiger partial charge in [-0.15, -0.1) is 0 Å². The molecule has 0 fully saturated rings. The first-order chi connectivity index (χ1) is 15.8. The van der Waals surface area contributed by atoms with Crippen LogP contribution in [-0.4, -0.2) is 33.3 Å². The molecule has 2 aromatic carbocycles. The largest absolute Gasteiger partial charge is 0.493 e. The Morgan fingerprint density at radius 3 is 2.27 bits per heavy atom. The van der Waals surface area contributed by atoms with Gasteiger partial charge in [0.1, 0.15) is 11.4 Å². The molecule has 1 aromatic heterocycles. The van der Waals surface area contributed by atoms with Crippen LogP contribution in [0.25, 0.3) is 27.1 Å². The lowest BCUT2D eigenvalue weighted by Crippen LogP contribution is -2.07. The molecule has 0 aliphatic heterocycles. The number of hydrogen-bond donors (Lipinski definition) is 2. The third-order valence-corrected chi connectivity index (χ3v) is 5.59. The van der Waals surface area contributed by atoms with Crippen LogP contribution in [0.4, 0.5) is 5.69 Å². The second-order valence-corrected chi connectivity index (χ2v) is 7.58. The van der Waals surface area contributed by atoms with Crippen molar-refractivity contribution in [2.24, 2.45) is 7.05 Å². The van der Waals surface area contributed by atoms with Crippen LogP contribution in [0.1, 0.15) is 42.0 Å². The normalized spacial score (nSPS) is 10.6. The molecule has 0 radical (unpaired) electrons. The summed E-state index contributed by atoms with van der Waals surface area (Å²) in [4.78, 5) is 26.6. The number of aryl methyl sites for hydroxylation is 1. The first-order valence-electron chi connectivity index (χ1n) is 10.7. The number of benzene rings is 2. The van der Waals surface area contributed by atoms with Gasteiger partial charge in [0, 0.05) is 30.3 Å². The summed E-state index contributed by atoms with van der Waals surface area (Å²) in [6.45, 7) is 11.9. The number of ether oxygens (including phenoxy) is 1. The van der Waals surface area contributed by atoms with Gasteiger partial charge >= 0.3 is 11.9 Å². The van der Waals surface area contributed by atoms with Crippen LogP contribution < -0.4 is 4.74 Å². The molecule has 0 aliphatic rings. The molecule has 0 aliphatic carbocycles. The van der Waals surface area contributed by atoms with Crippen LogP contribution in [0.15, 0.2) is 42.5 Å². The number of aliphatic carboxylic acids is 1. The fourth-order valence-electron chi connectivity index (χ4n) is 4.07. The van der Waals surface area contributed by atoms with Crippen LogP contribution in [0, 0.1) is 6.57 Å². The van der Waals surface area contributed by atoms with Crippen LogP contribution in [0.5, 0.6) is 5.75 Å². The molecule has 0 bridgehead atoms. The van der Waals surface area contributed by atoms with E-state index in [0.29, 0.717) is 47.7 Å². The summed E-state index contributed by atoms with van der Waals surface area (Å²) in [7, 11) is 1.67. The molecular formula is C26H26N2O5. The molecule has 3 rings (SSSR count). The van der Waals surface area contributed by atoms with Crippen molar-refractivity contribution >= 4 is 17.6 Å². The summed E-state index contributed by atoms with van der Waals surface area (Å²) in [6.07, 6.45) is 0.998. The maximum atomic E-state index is 12.0. The predicted octanol–water partition coefficient (Wildman–Crippen LogP) is 5.59. The van der Waals surface area contributed by atoms with Crippen LogP contribution in [0.3, 0.4) is 0 Å². The number of nitrogens with zero attached hydrogens (tertiary/aromatic N) is 2. The van der Waals surface area contributed by atoms with E-state index in [1.54, 1.807) is 11.6 Å². The van der Waals surface area contributed by atoms with Crippen LogP contribution in [0.2, 0.25) is 0 Å². The molecule has 7 heteroatoms. The number of carboxylic acid groups (broad SMARTS) is 2. The third-order valence-electron chi connectivity index (χ3n) is 5.59. The van der Waals surface area contributed by atoms with Crippen molar-refractivity contribution in [3.05, 3.63) is 70.8 Å². The second-order valence-electron chi connectivity index (χ2n) is 7.58. The molecule has 33 heavy (non-hydrogen) atoms. The van der Waals surface area contributed by atoms with Crippen molar-refractivity contribution in [3.63, 3.8) is 0 Å². The zero-order chi connectivity index (χ0) is 24.1. The predicted molar refractivity (Wildman–Crippen MR) is 126 cm³/mol. The molecule has 0 amide bonds. The smallest absolute Gasteiger partial charge is 0.351 e. The number of hydrogen-bond acceptors (Lipinski definition) is 3. The van der Waals surface area contributed by atoms with Crippen molar-refractivity contribution in [1.29, 1.82) is 0 Å². The van der Waals surface area contributed by atoms with Gasteiger partial charge in [-0.3, -0.25) is 4.79 Å². The first-order valence-corrected chi connectivity index (χ1v) is 10.7. The van der Waals surface area contributed by atoms with E-state index in [9.17, 15) is 14.7 Å². The Kier molecular flexibility index (Phi) is 7.19. The molecule has 0 spiro atoms. The summed E-state index contributed by atoms with van der Waals surface area (Å²) in [5.41, 5.74) is 4.78. The Morgan fingerprint density at radius 2 is 1.73 bits per heavy atom. The SMILES string of the molecule is [C-]#[N+]c1c(-c2ccc(-c3cc(CCC(=O)O)ccc3OCC)cc2)c(C(=O)O)n(C)c1CC. The van der Waals surface area contributed by atoms with E-state index in [1.165, 1.54) is 0 Å². The van der Waals surface area contributed by atoms with Gasteiger partial charge in [-0.25, -0.2) is 9.64 Å². The summed E-state index contributed by atoms with van der Waals surface area (Å²) in [5.74, 6) is -1.25. The first kappa shape index (κ1) is 23.6. The van der Waals surface area contributed by atoms with Crippen LogP contribution >= 0.6 is 0 Å².